The van der Waals surface area contributed by atoms with Gasteiger partial charge in [0.25, 0.3) is 0 Å². The van der Waals surface area contributed by atoms with Crippen LogP contribution in [0.25, 0.3) is 0 Å². The molecule has 0 aromatic rings. The summed E-state index contributed by atoms with van der Waals surface area (Å²) in [6.07, 6.45) is 2.03. The zero-order valence-electron chi connectivity index (χ0n) is 4.61. The van der Waals surface area contributed by atoms with Crippen molar-refractivity contribution < 1.29 is 4.79 Å². The van der Waals surface area contributed by atoms with E-state index in [1.54, 1.807) is 6.08 Å². The van der Waals surface area contributed by atoms with Crippen LogP contribution in [0.15, 0.2) is 22.8 Å². The third-order valence-corrected chi connectivity index (χ3v) is 1.46. The quantitative estimate of drug-likeness (QED) is 0.386. The fourth-order valence-electron chi connectivity index (χ4n) is 0.254. The molecule has 8 heavy (non-hydrogen) atoms. The third kappa shape index (κ3) is 3.02. The van der Waals surface area contributed by atoms with E-state index in [2.05, 4.69) is 13.2 Å². The Morgan fingerprint density at radius 2 is 2.25 bits per heavy atom. The van der Waals surface area contributed by atoms with Crippen molar-refractivity contribution in [1.82, 2.24) is 0 Å². The van der Waals surface area contributed by atoms with E-state index in [9.17, 15) is 4.79 Å². The van der Waals surface area contributed by atoms with E-state index in [0.29, 0.717) is 10.0 Å². The van der Waals surface area contributed by atoms with Crippen LogP contribution in [0.1, 0.15) is 6.42 Å². The molecular weight excluding hydrogens is 207 g/mol. The van der Waals surface area contributed by atoms with E-state index in [1.807, 2.05) is 0 Å². The molecule has 2 heteroatoms. The van der Waals surface area contributed by atoms with Gasteiger partial charge < -0.3 is 0 Å². The molecule has 0 unspecified atom stereocenters. The van der Waals surface area contributed by atoms with Crippen LogP contribution in [0.4, 0.5) is 0 Å². The molecule has 0 bridgehead atoms. The summed E-state index contributed by atoms with van der Waals surface area (Å²) in [7, 11) is 0. The van der Waals surface area contributed by atoms with Crippen molar-refractivity contribution in [3.05, 3.63) is 22.8 Å². The number of hydrogen-bond donors (Lipinski definition) is 0. The Bertz CT molecular complexity index is 126. The number of rotatable bonds is 3. The summed E-state index contributed by atoms with van der Waals surface area (Å²) in [4.78, 5) is 10.6. The van der Waals surface area contributed by atoms with Crippen LogP contribution in [0.3, 0.4) is 0 Å². The molecule has 0 aliphatic carbocycles. The predicted octanol–water partition coefficient (Wildman–Crippen LogP) is 0.814. The van der Waals surface area contributed by atoms with Gasteiger partial charge in [-0.25, -0.2) is 0 Å². The SMILES string of the molecule is C=CCC(=O)[C](=C)[Sn]. The molecule has 0 saturated heterocycles. The summed E-state index contributed by atoms with van der Waals surface area (Å²) in [6.45, 7) is 6.95. The second-order valence-electron chi connectivity index (χ2n) is 1.39. The first-order valence-electron chi connectivity index (χ1n) is 2.23. The Morgan fingerprint density at radius 3 is 2.38 bits per heavy atom. The number of Topliss-reactive ketones (excluding diaryl/α,β-unsaturated/α-hetero) is 1. The van der Waals surface area contributed by atoms with Crippen molar-refractivity contribution in [3.63, 3.8) is 0 Å². The average Bonchev–Trinajstić information content (AvgIpc) is 1.67. The van der Waals surface area contributed by atoms with Gasteiger partial charge in [0.2, 0.25) is 0 Å². The zero-order chi connectivity index (χ0) is 6.57. The van der Waals surface area contributed by atoms with Gasteiger partial charge in [-0.05, 0) is 0 Å². The monoisotopic (exact) mass is 215 g/mol. The van der Waals surface area contributed by atoms with Gasteiger partial charge in [0.1, 0.15) is 0 Å². The zero-order valence-corrected chi connectivity index (χ0v) is 7.46. The third-order valence-electron chi connectivity index (χ3n) is 0.666. The molecule has 0 spiro atoms. The van der Waals surface area contributed by atoms with E-state index in [4.69, 9.17) is 0 Å². The predicted molar refractivity (Wildman–Crippen MR) is 34.7 cm³/mol. The Labute approximate surface area is 62.6 Å². The maximum atomic E-state index is 10.6. The normalized spacial score (nSPS) is 8.12. The van der Waals surface area contributed by atoms with Crippen LogP contribution in [-0.4, -0.2) is 28.3 Å². The summed E-state index contributed by atoms with van der Waals surface area (Å²) in [6, 6.07) is 0. The molecule has 0 rings (SSSR count). The van der Waals surface area contributed by atoms with Crippen LogP contribution in [0, 0.1) is 0 Å². The molecule has 0 N–H and O–H groups in total. The first-order chi connectivity index (χ1) is 3.68. The van der Waals surface area contributed by atoms with Crippen LogP contribution >= 0.6 is 0 Å². The van der Waals surface area contributed by atoms with E-state index >= 15 is 0 Å². The fourth-order valence-corrected chi connectivity index (χ4v) is 0.546. The standard InChI is InChI=1S/C6H7O.Sn/c1-3-5-6(7)4-2;/h3H,1-2,5H2;. The summed E-state index contributed by atoms with van der Waals surface area (Å²) in [5, 5.41) is 0. The van der Waals surface area contributed by atoms with Crippen LogP contribution in [0.5, 0.6) is 0 Å². The van der Waals surface area contributed by atoms with Gasteiger partial charge in [-0.2, -0.15) is 0 Å². The van der Waals surface area contributed by atoms with Gasteiger partial charge in [-0.15, -0.1) is 0 Å². The molecule has 0 aromatic heterocycles. The molecule has 3 radical (unpaired) electrons. The number of carbonyl (C=O) groups is 1. The molecule has 0 fully saturated rings. The van der Waals surface area contributed by atoms with E-state index in [1.165, 1.54) is 0 Å². The molecule has 41 valence electrons. The van der Waals surface area contributed by atoms with Crippen molar-refractivity contribution >= 4 is 28.3 Å². The van der Waals surface area contributed by atoms with E-state index < -0.39 is 0 Å². The second kappa shape index (κ2) is 3.89. The number of carbonyl (C=O) groups excluding carboxylic acids is 1. The van der Waals surface area contributed by atoms with Crippen LogP contribution in [-0.2, 0) is 4.79 Å². The first kappa shape index (κ1) is 7.95. The van der Waals surface area contributed by atoms with E-state index in [-0.39, 0.29) is 5.78 Å². The topological polar surface area (TPSA) is 17.1 Å². The van der Waals surface area contributed by atoms with Crippen molar-refractivity contribution in [1.29, 1.82) is 0 Å². The fraction of sp³-hybridized carbons (Fsp3) is 0.167. The minimum absolute atomic E-state index is 0.109. The van der Waals surface area contributed by atoms with Crippen molar-refractivity contribution in [2.45, 2.75) is 6.42 Å². The van der Waals surface area contributed by atoms with Gasteiger partial charge in [0.05, 0.1) is 0 Å². The Morgan fingerprint density at radius 1 is 1.75 bits per heavy atom. The van der Waals surface area contributed by atoms with E-state index in [0.717, 1.165) is 22.5 Å². The maximum absolute atomic E-state index is 10.6. The summed E-state index contributed by atoms with van der Waals surface area (Å²) < 4.78 is 0.692. The molecule has 1 nitrogen and oxygen atoms in total. The van der Waals surface area contributed by atoms with Gasteiger partial charge in [0, 0.05) is 0 Å². The average molecular weight is 214 g/mol. The number of ketones is 1. The van der Waals surface area contributed by atoms with Crippen molar-refractivity contribution in [3.8, 4) is 0 Å². The van der Waals surface area contributed by atoms with Crippen LogP contribution < -0.4 is 0 Å². The van der Waals surface area contributed by atoms with Gasteiger partial charge in [-0.3, -0.25) is 0 Å². The Kier molecular flexibility index (Phi) is 3.87. The molecule has 0 saturated carbocycles. The molecular formula is C6H7OSn. The first-order valence-corrected chi connectivity index (χ1v) is 3.65. The molecule has 0 atom stereocenters. The minimum atomic E-state index is 0.109. The summed E-state index contributed by atoms with van der Waals surface area (Å²) >= 11 is 1.10. The summed E-state index contributed by atoms with van der Waals surface area (Å²) in [5.41, 5.74) is 0. The molecule has 0 heterocycles. The number of allylic oxidation sites excluding steroid dienone is 2. The Hall–Kier alpha value is -0.0513. The molecule has 0 aromatic carbocycles. The van der Waals surface area contributed by atoms with Gasteiger partial charge in [0.15, 0.2) is 0 Å². The summed E-state index contributed by atoms with van der Waals surface area (Å²) in [5.74, 6) is 0.109. The molecule has 0 aliphatic rings. The van der Waals surface area contributed by atoms with Crippen molar-refractivity contribution in [2.24, 2.45) is 0 Å². The molecule has 0 aliphatic heterocycles. The second-order valence-corrected chi connectivity index (χ2v) is 3.12. The molecule has 0 amide bonds. The number of hydrogen-bond acceptors (Lipinski definition) is 1. The van der Waals surface area contributed by atoms with Gasteiger partial charge >= 0.3 is 62.3 Å². The van der Waals surface area contributed by atoms with Crippen molar-refractivity contribution in [2.75, 3.05) is 0 Å². The van der Waals surface area contributed by atoms with Crippen LogP contribution in [0.2, 0.25) is 0 Å². The Balaban J connectivity index is 3.65. The van der Waals surface area contributed by atoms with Gasteiger partial charge in [-0.1, -0.05) is 0 Å².